The highest BCUT2D eigenvalue weighted by atomic mass is 19.1. The normalized spacial score (nSPS) is 11.9. The smallest absolute Gasteiger partial charge is 0.251 e. The van der Waals surface area contributed by atoms with Gasteiger partial charge in [0.2, 0.25) is 0 Å². The molecule has 0 aliphatic heterocycles. The number of carbonyl (C=O) groups is 1. The zero-order valence-corrected chi connectivity index (χ0v) is 20.0. The van der Waals surface area contributed by atoms with Gasteiger partial charge in [-0.1, -0.05) is 48.5 Å². The number of anilines is 1. The van der Waals surface area contributed by atoms with Crippen LogP contribution >= 0.6 is 0 Å². The minimum Gasteiger partial charge on any atom is -0.390 e. The monoisotopic (exact) mass is 463 g/mol. The molecule has 0 aromatic heterocycles. The molecule has 3 aromatic rings. The predicted molar refractivity (Wildman–Crippen MR) is 136 cm³/mol. The summed E-state index contributed by atoms with van der Waals surface area (Å²) in [6.45, 7) is 2.02. The van der Waals surface area contributed by atoms with E-state index < -0.39 is 6.10 Å². The van der Waals surface area contributed by atoms with Crippen molar-refractivity contribution in [1.29, 1.82) is 0 Å². The SMILES string of the molecule is CN(C)c1cccc(C(=O)NCC(O)CN(CCc2ccccc2)CCc2cccc(F)c2)c1. The Kier molecular flexibility index (Phi) is 9.62. The molecule has 1 amide bonds. The van der Waals surface area contributed by atoms with Gasteiger partial charge in [-0.25, -0.2) is 4.39 Å². The molecule has 0 radical (unpaired) electrons. The van der Waals surface area contributed by atoms with Crippen LogP contribution < -0.4 is 10.2 Å². The van der Waals surface area contributed by atoms with Crippen molar-refractivity contribution in [2.24, 2.45) is 0 Å². The molecule has 0 heterocycles. The first-order valence-corrected chi connectivity index (χ1v) is 11.6. The molecule has 5 nitrogen and oxygen atoms in total. The molecule has 1 atom stereocenters. The fourth-order valence-electron chi connectivity index (χ4n) is 3.81. The van der Waals surface area contributed by atoms with E-state index in [9.17, 15) is 14.3 Å². The summed E-state index contributed by atoms with van der Waals surface area (Å²) in [5.74, 6) is -0.451. The molecule has 0 saturated carbocycles. The van der Waals surface area contributed by atoms with Gasteiger partial charge in [-0.2, -0.15) is 0 Å². The zero-order valence-electron chi connectivity index (χ0n) is 20.0. The van der Waals surface area contributed by atoms with Crippen LogP contribution in [0.1, 0.15) is 21.5 Å². The van der Waals surface area contributed by atoms with Crippen molar-refractivity contribution in [3.63, 3.8) is 0 Å². The Labute approximate surface area is 201 Å². The van der Waals surface area contributed by atoms with Crippen LogP contribution in [0.15, 0.2) is 78.9 Å². The summed E-state index contributed by atoms with van der Waals surface area (Å²) >= 11 is 0. The summed E-state index contributed by atoms with van der Waals surface area (Å²) in [5.41, 5.74) is 3.65. The molecule has 6 heteroatoms. The largest absolute Gasteiger partial charge is 0.390 e. The molecule has 0 saturated heterocycles. The van der Waals surface area contributed by atoms with E-state index in [1.165, 1.54) is 11.6 Å². The Morgan fingerprint density at radius 2 is 1.59 bits per heavy atom. The van der Waals surface area contributed by atoms with Crippen LogP contribution in [0.3, 0.4) is 0 Å². The fraction of sp³-hybridized carbons (Fsp3) is 0.321. The Morgan fingerprint density at radius 3 is 2.29 bits per heavy atom. The lowest BCUT2D eigenvalue weighted by molar-refractivity contribution is 0.0861. The first-order chi connectivity index (χ1) is 16.4. The van der Waals surface area contributed by atoms with Crippen molar-refractivity contribution in [3.05, 3.63) is 101 Å². The molecule has 2 N–H and O–H groups in total. The molecule has 3 aromatic carbocycles. The Balaban J connectivity index is 1.56. The predicted octanol–water partition coefficient (Wildman–Crippen LogP) is 3.77. The van der Waals surface area contributed by atoms with Crippen LogP contribution in [0.5, 0.6) is 0 Å². The standard InChI is InChI=1S/C28H34FN3O2/c1-31(2)26-13-7-11-24(19-26)28(34)30-20-27(33)21-32(16-14-22-8-4-3-5-9-22)17-15-23-10-6-12-25(29)18-23/h3-13,18-19,27,33H,14-17,20-21H2,1-2H3,(H,30,34). The van der Waals surface area contributed by atoms with E-state index in [1.54, 1.807) is 18.2 Å². The highest BCUT2D eigenvalue weighted by Crippen LogP contribution is 2.13. The van der Waals surface area contributed by atoms with Crippen molar-refractivity contribution >= 4 is 11.6 Å². The number of aliphatic hydroxyl groups excluding tert-OH is 1. The van der Waals surface area contributed by atoms with Crippen LogP contribution in [-0.4, -0.2) is 62.3 Å². The first-order valence-electron chi connectivity index (χ1n) is 11.6. The van der Waals surface area contributed by atoms with Gasteiger partial charge in [-0.05, 0) is 54.3 Å². The van der Waals surface area contributed by atoms with Gasteiger partial charge in [-0.3, -0.25) is 4.79 Å². The molecular weight excluding hydrogens is 429 g/mol. The lowest BCUT2D eigenvalue weighted by Crippen LogP contribution is -2.41. The number of amides is 1. The second-order valence-electron chi connectivity index (χ2n) is 8.72. The summed E-state index contributed by atoms with van der Waals surface area (Å²) < 4.78 is 13.6. The van der Waals surface area contributed by atoms with Gasteiger partial charge < -0.3 is 20.2 Å². The van der Waals surface area contributed by atoms with E-state index >= 15 is 0 Å². The van der Waals surface area contributed by atoms with Gasteiger partial charge in [0.15, 0.2) is 0 Å². The third kappa shape index (κ3) is 8.28. The molecule has 0 aliphatic rings. The van der Waals surface area contributed by atoms with E-state index in [2.05, 4.69) is 22.3 Å². The quantitative estimate of drug-likeness (QED) is 0.429. The molecule has 0 bridgehead atoms. The molecular formula is C28H34FN3O2. The van der Waals surface area contributed by atoms with Crippen LogP contribution in [0.2, 0.25) is 0 Å². The summed E-state index contributed by atoms with van der Waals surface area (Å²) in [6, 6.07) is 24.2. The molecule has 180 valence electrons. The minimum atomic E-state index is -0.718. The number of hydrogen-bond acceptors (Lipinski definition) is 4. The Morgan fingerprint density at radius 1 is 0.912 bits per heavy atom. The van der Waals surface area contributed by atoms with Gasteiger partial charge in [-0.15, -0.1) is 0 Å². The minimum absolute atomic E-state index is 0.160. The number of nitrogens with zero attached hydrogens (tertiary/aromatic N) is 2. The van der Waals surface area contributed by atoms with Gasteiger partial charge in [0.1, 0.15) is 5.82 Å². The molecule has 3 rings (SSSR count). The fourth-order valence-corrected chi connectivity index (χ4v) is 3.81. The average Bonchev–Trinajstić information content (AvgIpc) is 2.85. The van der Waals surface area contributed by atoms with Crippen molar-refractivity contribution in [1.82, 2.24) is 10.2 Å². The molecule has 0 spiro atoms. The maximum Gasteiger partial charge on any atom is 0.251 e. The molecule has 1 unspecified atom stereocenters. The maximum absolute atomic E-state index is 13.6. The van der Waals surface area contributed by atoms with E-state index in [1.807, 2.05) is 61.5 Å². The molecule has 0 aliphatic carbocycles. The van der Waals surface area contributed by atoms with Gasteiger partial charge in [0.25, 0.3) is 5.91 Å². The van der Waals surface area contributed by atoms with Gasteiger partial charge in [0.05, 0.1) is 6.10 Å². The topological polar surface area (TPSA) is 55.8 Å². The first kappa shape index (κ1) is 25.4. The summed E-state index contributed by atoms with van der Waals surface area (Å²) in [4.78, 5) is 16.7. The van der Waals surface area contributed by atoms with Crippen LogP contribution in [0, 0.1) is 5.82 Å². The Bertz CT molecular complexity index is 1040. The van der Waals surface area contributed by atoms with Crippen molar-refractivity contribution in [3.8, 4) is 0 Å². The summed E-state index contributed by atoms with van der Waals surface area (Å²) in [6.07, 6.45) is 0.813. The molecule has 0 fully saturated rings. The highest BCUT2D eigenvalue weighted by Gasteiger charge is 2.15. The number of aliphatic hydroxyl groups is 1. The van der Waals surface area contributed by atoms with Crippen LogP contribution in [0.4, 0.5) is 10.1 Å². The average molecular weight is 464 g/mol. The van der Waals surface area contributed by atoms with E-state index in [4.69, 9.17) is 0 Å². The van der Waals surface area contributed by atoms with Crippen molar-refractivity contribution in [2.45, 2.75) is 18.9 Å². The number of benzene rings is 3. The van der Waals surface area contributed by atoms with E-state index in [-0.39, 0.29) is 18.3 Å². The zero-order chi connectivity index (χ0) is 24.3. The second kappa shape index (κ2) is 12.9. The van der Waals surface area contributed by atoms with Crippen molar-refractivity contribution in [2.75, 3.05) is 45.2 Å². The summed E-state index contributed by atoms with van der Waals surface area (Å²) in [7, 11) is 3.85. The lowest BCUT2D eigenvalue weighted by atomic mass is 10.1. The summed E-state index contributed by atoms with van der Waals surface area (Å²) in [5, 5.41) is 13.5. The highest BCUT2D eigenvalue weighted by molar-refractivity contribution is 5.95. The van der Waals surface area contributed by atoms with Crippen molar-refractivity contribution < 1.29 is 14.3 Å². The Hall–Kier alpha value is -3.22. The van der Waals surface area contributed by atoms with E-state index in [0.29, 0.717) is 25.1 Å². The lowest BCUT2D eigenvalue weighted by Gasteiger charge is -2.25. The number of halogens is 1. The number of carbonyl (C=O) groups excluding carboxylic acids is 1. The van der Waals surface area contributed by atoms with Crippen LogP contribution in [0.25, 0.3) is 0 Å². The number of rotatable bonds is 12. The van der Waals surface area contributed by atoms with Crippen LogP contribution in [-0.2, 0) is 12.8 Å². The molecule has 34 heavy (non-hydrogen) atoms. The third-order valence-electron chi connectivity index (χ3n) is 5.76. The van der Waals surface area contributed by atoms with Gasteiger partial charge in [0, 0.05) is 51.5 Å². The number of hydrogen-bond donors (Lipinski definition) is 2. The van der Waals surface area contributed by atoms with Gasteiger partial charge >= 0.3 is 0 Å². The van der Waals surface area contributed by atoms with E-state index in [0.717, 1.165) is 24.2 Å². The third-order valence-corrected chi connectivity index (χ3v) is 5.76. The number of nitrogens with one attached hydrogen (secondary N) is 1. The second-order valence-corrected chi connectivity index (χ2v) is 8.72. The maximum atomic E-state index is 13.6.